The highest BCUT2D eigenvalue weighted by Gasteiger charge is 2.09. The number of anilines is 1. The van der Waals surface area contributed by atoms with Crippen molar-refractivity contribution < 1.29 is 13.9 Å². The van der Waals surface area contributed by atoms with E-state index in [1.807, 2.05) is 26.0 Å². The summed E-state index contributed by atoms with van der Waals surface area (Å²) in [6, 6.07) is 12.5. The molecule has 0 aliphatic heterocycles. The third-order valence-corrected chi connectivity index (χ3v) is 3.73. The molecule has 0 aliphatic carbocycles. The van der Waals surface area contributed by atoms with Crippen molar-refractivity contribution in [1.82, 2.24) is 4.57 Å². The summed E-state index contributed by atoms with van der Waals surface area (Å²) in [4.78, 5) is 23.8. The number of nitrogens with one attached hydrogen (secondary N) is 1. The molecule has 0 fully saturated rings. The number of hydrogen-bond donors (Lipinski definition) is 1. The predicted molar refractivity (Wildman–Crippen MR) is 96.0 cm³/mol. The smallest absolute Gasteiger partial charge is 0.419 e. The van der Waals surface area contributed by atoms with E-state index in [0.29, 0.717) is 16.8 Å². The average molecular weight is 340 g/mol. The van der Waals surface area contributed by atoms with Gasteiger partial charge in [0, 0.05) is 12.7 Å². The van der Waals surface area contributed by atoms with Crippen LogP contribution in [0.1, 0.15) is 19.4 Å². The van der Waals surface area contributed by atoms with Crippen LogP contribution in [0, 0.1) is 0 Å². The molecule has 1 amide bonds. The fourth-order valence-electron chi connectivity index (χ4n) is 2.56. The van der Waals surface area contributed by atoms with Gasteiger partial charge in [-0.3, -0.25) is 9.36 Å². The Kier molecular flexibility index (Phi) is 4.61. The van der Waals surface area contributed by atoms with Crippen LogP contribution < -0.4 is 15.8 Å². The van der Waals surface area contributed by atoms with E-state index < -0.39 is 5.76 Å². The Labute approximate surface area is 145 Å². The quantitative estimate of drug-likeness (QED) is 0.774. The van der Waals surface area contributed by atoms with E-state index in [2.05, 4.69) is 5.32 Å². The standard InChI is InChI=1S/C19H20N2O4/c1-12(2)24-15-7-5-14(6-8-15)20-18(22)11-13-4-9-17-16(10-13)21(3)19(23)25-17/h4-10,12H,11H2,1-3H3,(H,20,22). The Morgan fingerprint density at radius 1 is 1.20 bits per heavy atom. The molecule has 0 saturated heterocycles. The Balaban J connectivity index is 1.68. The van der Waals surface area contributed by atoms with Crippen molar-refractivity contribution in [2.45, 2.75) is 26.4 Å². The fourth-order valence-corrected chi connectivity index (χ4v) is 2.56. The monoisotopic (exact) mass is 340 g/mol. The van der Waals surface area contributed by atoms with Crippen LogP contribution in [-0.2, 0) is 18.3 Å². The molecule has 3 aromatic rings. The van der Waals surface area contributed by atoms with E-state index in [4.69, 9.17) is 9.15 Å². The highest BCUT2D eigenvalue weighted by Crippen LogP contribution is 2.18. The van der Waals surface area contributed by atoms with E-state index in [-0.39, 0.29) is 18.4 Å². The van der Waals surface area contributed by atoms with Gasteiger partial charge in [0.2, 0.25) is 5.91 Å². The number of carbonyl (C=O) groups excluding carboxylic acids is 1. The van der Waals surface area contributed by atoms with Gasteiger partial charge >= 0.3 is 5.76 Å². The Bertz CT molecular complexity index is 952. The Morgan fingerprint density at radius 3 is 2.60 bits per heavy atom. The molecular formula is C19H20N2O4. The molecule has 0 unspecified atom stereocenters. The highest BCUT2D eigenvalue weighted by atomic mass is 16.5. The molecule has 3 rings (SSSR count). The number of rotatable bonds is 5. The van der Waals surface area contributed by atoms with Crippen molar-refractivity contribution in [2.24, 2.45) is 7.05 Å². The molecule has 2 aromatic carbocycles. The molecular weight excluding hydrogens is 320 g/mol. The van der Waals surface area contributed by atoms with Gasteiger partial charge in [-0.25, -0.2) is 4.79 Å². The largest absolute Gasteiger partial charge is 0.491 e. The van der Waals surface area contributed by atoms with Crippen molar-refractivity contribution in [3.05, 3.63) is 58.6 Å². The second kappa shape index (κ2) is 6.84. The second-order valence-electron chi connectivity index (χ2n) is 6.14. The SMILES string of the molecule is CC(C)Oc1ccc(NC(=O)Cc2ccc3oc(=O)n(C)c3c2)cc1. The number of aryl methyl sites for hydroxylation is 1. The molecule has 0 spiro atoms. The van der Waals surface area contributed by atoms with E-state index in [9.17, 15) is 9.59 Å². The number of oxazole rings is 1. The number of aromatic nitrogens is 1. The number of ether oxygens (including phenoxy) is 1. The van der Waals surface area contributed by atoms with Crippen LogP contribution in [0.25, 0.3) is 11.1 Å². The van der Waals surface area contributed by atoms with Crippen LogP contribution in [0.5, 0.6) is 5.75 Å². The van der Waals surface area contributed by atoms with Crippen LogP contribution in [0.3, 0.4) is 0 Å². The predicted octanol–water partition coefficient (Wildman–Crippen LogP) is 3.10. The van der Waals surface area contributed by atoms with Gasteiger partial charge < -0.3 is 14.5 Å². The first kappa shape index (κ1) is 16.8. The molecule has 0 saturated carbocycles. The minimum atomic E-state index is -0.416. The summed E-state index contributed by atoms with van der Waals surface area (Å²) in [5, 5.41) is 2.85. The average Bonchev–Trinajstić information content (AvgIpc) is 2.83. The van der Waals surface area contributed by atoms with E-state index >= 15 is 0 Å². The lowest BCUT2D eigenvalue weighted by Gasteiger charge is -2.10. The Morgan fingerprint density at radius 2 is 1.92 bits per heavy atom. The topological polar surface area (TPSA) is 73.5 Å². The number of nitrogens with zero attached hydrogens (tertiary/aromatic N) is 1. The molecule has 130 valence electrons. The highest BCUT2D eigenvalue weighted by molar-refractivity contribution is 5.92. The van der Waals surface area contributed by atoms with Crippen LogP contribution in [0.2, 0.25) is 0 Å². The number of hydrogen-bond acceptors (Lipinski definition) is 4. The van der Waals surface area contributed by atoms with Crippen LogP contribution in [0.15, 0.2) is 51.7 Å². The minimum absolute atomic E-state index is 0.106. The summed E-state index contributed by atoms with van der Waals surface area (Å²) in [5.41, 5.74) is 2.70. The van der Waals surface area contributed by atoms with E-state index in [1.54, 1.807) is 37.4 Å². The number of carbonyl (C=O) groups is 1. The van der Waals surface area contributed by atoms with Gasteiger partial charge in [-0.1, -0.05) is 6.07 Å². The summed E-state index contributed by atoms with van der Waals surface area (Å²) in [6.07, 6.45) is 0.314. The van der Waals surface area contributed by atoms with Crippen molar-refractivity contribution >= 4 is 22.7 Å². The lowest BCUT2D eigenvalue weighted by Crippen LogP contribution is -2.14. The summed E-state index contributed by atoms with van der Waals surface area (Å²) in [5.74, 6) is 0.213. The van der Waals surface area contributed by atoms with Gasteiger partial charge in [0.1, 0.15) is 5.75 Å². The maximum Gasteiger partial charge on any atom is 0.419 e. The van der Waals surface area contributed by atoms with Gasteiger partial charge in [0.05, 0.1) is 18.0 Å². The molecule has 25 heavy (non-hydrogen) atoms. The first-order chi connectivity index (χ1) is 11.9. The zero-order valence-electron chi connectivity index (χ0n) is 14.4. The molecule has 6 nitrogen and oxygen atoms in total. The van der Waals surface area contributed by atoms with E-state index in [1.165, 1.54) is 4.57 Å². The first-order valence-electron chi connectivity index (χ1n) is 8.07. The third-order valence-electron chi connectivity index (χ3n) is 3.73. The lowest BCUT2D eigenvalue weighted by atomic mass is 10.1. The van der Waals surface area contributed by atoms with E-state index in [0.717, 1.165) is 11.3 Å². The summed E-state index contributed by atoms with van der Waals surface area (Å²) in [6.45, 7) is 3.92. The van der Waals surface area contributed by atoms with Gasteiger partial charge in [-0.15, -0.1) is 0 Å². The molecule has 0 bridgehead atoms. The zero-order valence-corrected chi connectivity index (χ0v) is 14.4. The van der Waals surface area contributed by atoms with Crippen molar-refractivity contribution in [3.8, 4) is 5.75 Å². The molecule has 0 radical (unpaired) electrons. The second-order valence-corrected chi connectivity index (χ2v) is 6.14. The molecule has 1 N–H and O–H groups in total. The summed E-state index contributed by atoms with van der Waals surface area (Å²) in [7, 11) is 1.64. The molecule has 0 aliphatic rings. The molecule has 0 atom stereocenters. The van der Waals surface area contributed by atoms with Crippen LogP contribution >= 0.6 is 0 Å². The van der Waals surface area contributed by atoms with Gasteiger partial charge in [0.15, 0.2) is 5.58 Å². The van der Waals surface area contributed by atoms with Gasteiger partial charge in [-0.05, 0) is 55.8 Å². The molecule has 6 heteroatoms. The number of amides is 1. The number of benzene rings is 2. The summed E-state index contributed by atoms with van der Waals surface area (Å²) >= 11 is 0. The van der Waals surface area contributed by atoms with Gasteiger partial charge in [-0.2, -0.15) is 0 Å². The van der Waals surface area contributed by atoms with Crippen LogP contribution in [0.4, 0.5) is 5.69 Å². The third kappa shape index (κ3) is 3.91. The molecule has 1 aromatic heterocycles. The normalized spacial score (nSPS) is 11.0. The molecule has 1 heterocycles. The fraction of sp³-hybridized carbons (Fsp3) is 0.263. The van der Waals surface area contributed by atoms with Crippen molar-refractivity contribution in [2.75, 3.05) is 5.32 Å². The lowest BCUT2D eigenvalue weighted by molar-refractivity contribution is -0.115. The summed E-state index contributed by atoms with van der Waals surface area (Å²) < 4.78 is 12.1. The Hall–Kier alpha value is -3.02. The number of fused-ring (bicyclic) bond motifs is 1. The van der Waals surface area contributed by atoms with Crippen molar-refractivity contribution in [1.29, 1.82) is 0 Å². The van der Waals surface area contributed by atoms with Crippen LogP contribution in [-0.4, -0.2) is 16.6 Å². The van der Waals surface area contributed by atoms with Gasteiger partial charge in [0.25, 0.3) is 0 Å². The minimum Gasteiger partial charge on any atom is -0.491 e. The first-order valence-corrected chi connectivity index (χ1v) is 8.07. The van der Waals surface area contributed by atoms with Crippen molar-refractivity contribution in [3.63, 3.8) is 0 Å². The maximum absolute atomic E-state index is 12.2. The maximum atomic E-state index is 12.2. The zero-order chi connectivity index (χ0) is 18.0.